The summed E-state index contributed by atoms with van der Waals surface area (Å²) in [6.45, 7) is 5.51. The highest BCUT2D eigenvalue weighted by atomic mass is 19.1. The Morgan fingerprint density at radius 3 is 2.70 bits per heavy atom. The number of rotatable bonds is 6. The first-order chi connectivity index (χ1) is 15.9. The van der Waals surface area contributed by atoms with E-state index in [1.54, 1.807) is 29.2 Å². The number of aromatic nitrogens is 2. The summed E-state index contributed by atoms with van der Waals surface area (Å²) in [5, 5.41) is 7.70. The Kier molecular flexibility index (Phi) is 6.19. The van der Waals surface area contributed by atoms with Crippen molar-refractivity contribution >= 4 is 23.5 Å². The fourth-order valence-corrected chi connectivity index (χ4v) is 3.88. The summed E-state index contributed by atoms with van der Waals surface area (Å²) >= 11 is 0. The third kappa shape index (κ3) is 4.47. The van der Waals surface area contributed by atoms with E-state index in [2.05, 4.69) is 22.1 Å². The number of nitrogens with one attached hydrogen (secondary N) is 1. The number of halogens is 1. The minimum absolute atomic E-state index is 0.129. The summed E-state index contributed by atoms with van der Waals surface area (Å²) in [5.41, 5.74) is 10.2. The highest BCUT2D eigenvalue weighted by Crippen LogP contribution is 2.28. The highest BCUT2D eigenvalue weighted by molar-refractivity contribution is 6.08. The number of pyridine rings is 1. The predicted octanol–water partition coefficient (Wildman–Crippen LogP) is 3.56. The quantitative estimate of drug-likeness (QED) is 0.445. The first-order valence-electron chi connectivity index (χ1n) is 10.5. The van der Waals surface area contributed by atoms with Gasteiger partial charge in [0.05, 0.1) is 18.3 Å². The topological polar surface area (TPSA) is 89.7 Å². The number of nitrogens with two attached hydrogens (primary N) is 1. The molecular weight excluding hydrogens is 419 g/mol. The summed E-state index contributed by atoms with van der Waals surface area (Å²) in [7, 11) is 1.90. The maximum Gasteiger partial charge on any atom is 0.253 e. The molecule has 2 heterocycles. The smallest absolute Gasteiger partial charge is 0.253 e. The van der Waals surface area contributed by atoms with E-state index in [1.807, 2.05) is 48.9 Å². The number of carbonyl (C=O) groups is 1. The van der Waals surface area contributed by atoms with E-state index in [1.165, 1.54) is 12.1 Å². The van der Waals surface area contributed by atoms with Gasteiger partial charge in [-0.3, -0.25) is 9.79 Å². The van der Waals surface area contributed by atoms with E-state index in [0.717, 1.165) is 22.0 Å². The van der Waals surface area contributed by atoms with Crippen molar-refractivity contribution in [2.24, 2.45) is 22.9 Å². The molecule has 1 atom stereocenters. The van der Waals surface area contributed by atoms with Crippen LogP contribution in [0.1, 0.15) is 28.9 Å². The standard InChI is InChI=1S/C25H25FN6O/c1-16(17-5-4-6-20(26)11-17)30-25(33)22-14-31(3)23-8-7-18(12-21(22)23)19-9-10-32(28-2)24(13-19)29-15-27/h4-14,16H,2,15,27H2,1,3H3,(H,30,33)/b29-24-. The van der Waals surface area contributed by atoms with Gasteiger partial charge in [0.1, 0.15) is 5.82 Å². The van der Waals surface area contributed by atoms with Crippen molar-refractivity contribution in [2.45, 2.75) is 13.0 Å². The van der Waals surface area contributed by atoms with Crippen molar-refractivity contribution in [1.29, 1.82) is 0 Å². The van der Waals surface area contributed by atoms with E-state index >= 15 is 0 Å². The van der Waals surface area contributed by atoms with Crippen LogP contribution in [0.25, 0.3) is 22.0 Å². The lowest BCUT2D eigenvalue weighted by Gasteiger charge is -2.14. The molecule has 0 aliphatic carbocycles. The number of aryl methyl sites for hydroxylation is 1. The molecule has 2 aromatic heterocycles. The molecule has 0 aliphatic heterocycles. The largest absolute Gasteiger partial charge is 0.350 e. The number of hydrogen-bond acceptors (Lipinski definition) is 4. The van der Waals surface area contributed by atoms with E-state index in [-0.39, 0.29) is 24.4 Å². The second-order valence-electron chi connectivity index (χ2n) is 7.74. The molecule has 2 aromatic carbocycles. The lowest BCUT2D eigenvalue weighted by molar-refractivity contribution is 0.0941. The fourth-order valence-electron chi connectivity index (χ4n) is 3.88. The Bertz CT molecular complexity index is 1420. The molecule has 7 nitrogen and oxygen atoms in total. The summed E-state index contributed by atoms with van der Waals surface area (Å²) < 4.78 is 17.0. The zero-order valence-electron chi connectivity index (χ0n) is 18.5. The normalized spacial score (nSPS) is 12.7. The van der Waals surface area contributed by atoms with Crippen LogP contribution in [0.4, 0.5) is 4.39 Å². The Balaban J connectivity index is 1.72. The molecule has 0 fully saturated rings. The van der Waals surface area contributed by atoms with Gasteiger partial charge in [-0.05, 0) is 60.0 Å². The summed E-state index contributed by atoms with van der Waals surface area (Å²) in [6, 6.07) is 15.6. The maximum absolute atomic E-state index is 13.6. The van der Waals surface area contributed by atoms with Gasteiger partial charge in [0.2, 0.25) is 0 Å². The second-order valence-corrected chi connectivity index (χ2v) is 7.74. The summed E-state index contributed by atoms with van der Waals surface area (Å²) in [4.78, 5) is 17.4. The van der Waals surface area contributed by atoms with Gasteiger partial charge in [-0.2, -0.15) is 5.10 Å². The van der Waals surface area contributed by atoms with Crippen molar-refractivity contribution in [1.82, 2.24) is 14.6 Å². The minimum Gasteiger partial charge on any atom is -0.350 e. The molecule has 8 heteroatoms. The summed E-state index contributed by atoms with van der Waals surface area (Å²) in [5.74, 6) is -0.560. The van der Waals surface area contributed by atoms with Gasteiger partial charge in [-0.15, -0.1) is 0 Å². The van der Waals surface area contributed by atoms with Crippen molar-refractivity contribution in [2.75, 3.05) is 6.67 Å². The molecule has 33 heavy (non-hydrogen) atoms. The average molecular weight is 445 g/mol. The zero-order valence-corrected chi connectivity index (χ0v) is 18.5. The summed E-state index contributed by atoms with van der Waals surface area (Å²) in [6.07, 6.45) is 3.57. The van der Waals surface area contributed by atoms with Gasteiger partial charge in [0.15, 0.2) is 5.49 Å². The van der Waals surface area contributed by atoms with Gasteiger partial charge in [-0.25, -0.2) is 9.07 Å². The van der Waals surface area contributed by atoms with Crippen molar-refractivity contribution < 1.29 is 9.18 Å². The van der Waals surface area contributed by atoms with Crippen LogP contribution in [-0.4, -0.2) is 28.5 Å². The molecule has 0 spiro atoms. The number of benzene rings is 2. The SMILES string of the molecule is C=Nn1ccc(-c2ccc3c(c2)c(C(=O)NC(C)c2cccc(F)c2)cn3C)c/c1=N/CN. The van der Waals surface area contributed by atoms with Crippen molar-refractivity contribution in [3.8, 4) is 11.1 Å². The monoisotopic (exact) mass is 444 g/mol. The molecule has 4 aromatic rings. The van der Waals surface area contributed by atoms with Crippen LogP contribution in [0.2, 0.25) is 0 Å². The Labute approximate surface area is 190 Å². The van der Waals surface area contributed by atoms with Crippen LogP contribution >= 0.6 is 0 Å². The average Bonchev–Trinajstić information content (AvgIpc) is 3.15. The lowest BCUT2D eigenvalue weighted by Crippen LogP contribution is -2.26. The van der Waals surface area contributed by atoms with E-state index in [9.17, 15) is 9.18 Å². The zero-order chi connectivity index (χ0) is 23.5. The molecule has 4 rings (SSSR count). The van der Waals surface area contributed by atoms with Gasteiger partial charge >= 0.3 is 0 Å². The molecule has 3 N–H and O–H groups in total. The lowest BCUT2D eigenvalue weighted by atomic mass is 10.0. The van der Waals surface area contributed by atoms with Gasteiger partial charge in [0, 0.05) is 37.1 Å². The van der Waals surface area contributed by atoms with Crippen molar-refractivity contribution in [3.05, 3.63) is 89.4 Å². The van der Waals surface area contributed by atoms with Gasteiger partial charge < -0.3 is 15.6 Å². The molecule has 1 amide bonds. The van der Waals surface area contributed by atoms with Crippen molar-refractivity contribution in [3.63, 3.8) is 0 Å². The van der Waals surface area contributed by atoms with E-state index in [0.29, 0.717) is 16.6 Å². The third-order valence-corrected chi connectivity index (χ3v) is 5.58. The van der Waals surface area contributed by atoms with E-state index < -0.39 is 0 Å². The van der Waals surface area contributed by atoms with Crippen LogP contribution < -0.4 is 16.5 Å². The molecule has 0 radical (unpaired) electrons. The Morgan fingerprint density at radius 1 is 1.18 bits per heavy atom. The maximum atomic E-state index is 13.6. The predicted molar refractivity (Wildman–Crippen MR) is 128 cm³/mol. The molecule has 168 valence electrons. The number of amides is 1. The van der Waals surface area contributed by atoms with Crippen LogP contribution in [0.3, 0.4) is 0 Å². The van der Waals surface area contributed by atoms with Crippen LogP contribution in [0.15, 0.2) is 77.1 Å². The molecule has 0 bridgehead atoms. The molecular formula is C25H25FN6O. The first-order valence-corrected chi connectivity index (χ1v) is 10.5. The van der Waals surface area contributed by atoms with Crippen LogP contribution in [-0.2, 0) is 7.05 Å². The highest BCUT2D eigenvalue weighted by Gasteiger charge is 2.18. The van der Waals surface area contributed by atoms with Gasteiger partial charge in [0.25, 0.3) is 5.91 Å². The molecule has 1 unspecified atom stereocenters. The fraction of sp³-hybridized carbons (Fsp3) is 0.160. The van der Waals surface area contributed by atoms with E-state index in [4.69, 9.17) is 5.73 Å². The number of nitrogens with zero attached hydrogens (tertiary/aromatic N) is 4. The molecule has 0 saturated carbocycles. The molecule has 0 aliphatic rings. The van der Waals surface area contributed by atoms with Gasteiger partial charge in [-0.1, -0.05) is 18.2 Å². The number of fused-ring (bicyclic) bond motifs is 1. The number of hydrogen-bond donors (Lipinski definition) is 2. The van der Waals surface area contributed by atoms with Crippen LogP contribution in [0.5, 0.6) is 0 Å². The number of carbonyl (C=O) groups excluding carboxylic acids is 1. The second kappa shape index (κ2) is 9.22. The third-order valence-electron chi connectivity index (χ3n) is 5.58. The molecule has 0 saturated heterocycles. The minimum atomic E-state index is -0.344. The Hall–Kier alpha value is -4.04. The van der Waals surface area contributed by atoms with Crippen LogP contribution in [0, 0.1) is 5.82 Å². The Morgan fingerprint density at radius 2 is 1.97 bits per heavy atom. The first kappa shape index (κ1) is 22.2.